The van der Waals surface area contributed by atoms with Crippen LogP contribution < -0.4 is 9.62 Å². The Balaban J connectivity index is 2.32. The second-order valence-electron chi connectivity index (χ2n) is 5.09. The normalized spacial score (nSPS) is 11.0. The van der Waals surface area contributed by atoms with Crippen molar-refractivity contribution in [2.75, 3.05) is 17.9 Å². The highest BCUT2D eigenvalue weighted by Crippen LogP contribution is 2.22. The number of amides is 1. The third-order valence-electron chi connectivity index (χ3n) is 3.41. The van der Waals surface area contributed by atoms with Gasteiger partial charge in [0.25, 0.3) is 15.9 Å². The topological polar surface area (TPSA) is 66.5 Å². The van der Waals surface area contributed by atoms with Crippen LogP contribution in [0.4, 0.5) is 5.69 Å². The molecule has 0 fully saturated rings. The fourth-order valence-electron chi connectivity index (χ4n) is 2.07. The predicted octanol–water partition coefficient (Wildman–Crippen LogP) is 2.65. The van der Waals surface area contributed by atoms with Crippen LogP contribution in [0, 0.1) is 0 Å². The van der Waals surface area contributed by atoms with Crippen molar-refractivity contribution >= 4 is 21.6 Å². The van der Waals surface area contributed by atoms with Crippen LogP contribution in [0.2, 0.25) is 0 Å². The molecule has 0 radical (unpaired) electrons. The summed E-state index contributed by atoms with van der Waals surface area (Å²) < 4.78 is 26.6. The van der Waals surface area contributed by atoms with Crippen LogP contribution in [0.15, 0.2) is 59.5 Å². The molecule has 1 N–H and O–H groups in total. The van der Waals surface area contributed by atoms with Gasteiger partial charge in [-0.2, -0.15) is 0 Å². The third kappa shape index (κ3) is 3.90. The Bertz CT molecular complexity index is 773. The molecule has 0 aliphatic heterocycles. The van der Waals surface area contributed by atoms with E-state index < -0.39 is 10.0 Å². The predicted molar refractivity (Wildman–Crippen MR) is 91.1 cm³/mol. The summed E-state index contributed by atoms with van der Waals surface area (Å²) in [5, 5.41) is 2.74. The molecule has 6 heteroatoms. The monoisotopic (exact) mass is 332 g/mol. The maximum Gasteiger partial charge on any atom is 0.264 e. The molecular formula is C17H20N2O3S. The van der Waals surface area contributed by atoms with Gasteiger partial charge in [0.05, 0.1) is 10.6 Å². The van der Waals surface area contributed by atoms with Gasteiger partial charge in [-0.05, 0) is 36.8 Å². The van der Waals surface area contributed by atoms with Gasteiger partial charge in [0, 0.05) is 19.2 Å². The van der Waals surface area contributed by atoms with E-state index in [9.17, 15) is 13.2 Å². The molecule has 5 nitrogen and oxygen atoms in total. The molecule has 0 spiro atoms. The maximum absolute atomic E-state index is 12.7. The van der Waals surface area contributed by atoms with Crippen LogP contribution >= 0.6 is 0 Å². The van der Waals surface area contributed by atoms with E-state index in [0.717, 1.165) is 6.42 Å². The molecule has 2 aromatic rings. The Kier molecular flexibility index (Phi) is 5.39. The summed E-state index contributed by atoms with van der Waals surface area (Å²) in [6, 6.07) is 14.9. The average molecular weight is 332 g/mol. The number of rotatable bonds is 6. The first-order chi connectivity index (χ1) is 11.0. The molecule has 0 aromatic heterocycles. The smallest absolute Gasteiger partial charge is 0.264 e. The molecule has 0 heterocycles. The number of nitrogens with zero attached hydrogens (tertiary/aromatic N) is 1. The second kappa shape index (κ2) is 7.28. The van der Waals surface area contributed by atoms with Gasteiger partial charge >= 0.3 is 0 Å². The zero-order valence-electron chi connectivity index (χ0n) is 13.2. The van der Waals surface area contributed by atoms with Crippen LogP contribution in [-0.2, 0) is 10.0 Å². The standard InChI is InChI=1S/C17H20N2O3S/c1-3-12-18-17(20)14-8-7-11-16(13-14)23(21,22)19(2)15-9-5-4-6-10-15/h4-11,13H,3,12H2,1-2H3,(H,18,20). The molecule has 122 valence electrons. The van der Waals surface area contributed by atoms with Crippen molar-refractivity contribution < 1.29 is 13.2 Å². The quantitative estimate of drug-likeness (QED) is 0.884. The lowest BCUT2D eigenvalue weighted by molar-refractivity contribution is 0.0953. The van der Waals surface area contributed by atoms with Crippen LogP contribution in [0.3, 0.4) is 0 Å². The van der Waals surface area contributed by atoms with Crippen LogP contribution in [0.5, 0.6) is 0 Å². The van der Waals surface area contributed by atoms with Crippen LogP contribution in [-0.4, -0.2) is 27.9 Å². The Labute approximate surface area is 137 Å². The Morgan fingerprint density at radius 2 is 1.78 bits per heavy atom. The third-order valence-corrected chi connectivity index (χ3v) is 5.19. The number of anilines is 1. The Morgan fingerprint density at radius 3 is 2.43 bits per heavy atom. The van der Waals surface area contributed by atoms with Crippen LogP contribution in [0.1, 0.15) is 23.7 Å². The van der Waals surface area contributed by atoms with Crippen molar-refractivity contribution in [3.8, 4) is 0 Å². The van der Waals surface area contributed by atoms with E-state index in [1.807, 2.05) is 13.0 Å². The summed E-state index contributed by atoms with van der Waals surface area (Å²) in [5.74, 6) is -0.272. The highest BCUT2D eigenvalue weighted by atomic mass is 32.2. The minimum Gasteiger partial charge on any atom is -0.352 e. The molecule has 0 saturated carbocycles. The number of hydrogen-bond acceptors (Lipinski definition) is 3. The first-order valence-electron chi connectivity index (χ1n) is 7.39. The number of carbonyl (C=O) groups is 1. The summed E-state index contributed by atoms with van der Waals surface area (Å²) in [6.07, 6.45) is 0.820. The van der Waals surface area contributed by atoms with Crippen LogP contribution in [0.25, 0.3) is 0 Å². The largest absolute Gasteiger partial charge is 0.352 e. The first kappa shape index (κ1) is 17.0. The Hall–Kier alpha value is -2.34. The van der Waals surface area contributed by atoms with Gasteiger partial charge in [-0.1, -0.05) is 31.2 Å². The minimum atomic E-state index is -3.72. The van der Waals surface area contributed by atoms with Crippen molar-refractivity contribution in [3.63, 3.8) is 0 Å². The number of benzene rings is 2. The zero-order valence-corrected chi connectivity index (χ0v) is 14.0. The molecule has 2 rings (SSSR count). The summed E-state index contributed by atoms with van der Waals surface area (Å²) >= 11 is 0. The molecule has 0 aliphatic carbocycles. The fraction of sp³-hybridized carbons (Fsp3) is 0.235. The number of hydrogen-bond donors (Lipinski definition) is 1. The van der Waals surface area contributed by atoms with E-state index in [1.165, 1.54) is 23.5 Å². The number of nitrogens with one attached hydrogen (secondary N) is 1. The van der Waals surface area contributed by atoms with Gasteiger partial charge < -0.3 is 5.32 Å². The summed E-state index contributed by atoms with van der Waals surface area (Å²) in [4.78, 5) is 12.1. The van der Waals surface area contributed by atoms with E-state index in [1.54, 1.807) is 36.4 Å². The van der Waals surface area contributed by atoms with E-state index in [4.69, 9.17) is 0 Å². The molecule has 0 saturated heterocycles. The molecule has 0 atom stereocenters. The zero-order chi connectivity index (χ0) is 16.9. The lowest BCUT2D eigenvalue weighted by Gasteiger charge is -2.19. The molecule has 0 aliphatic rings. The molecular weight excluding hydrogens is 312 g/mol. The van der Waals surface area contributed by atoms with Crippen molar-refractivity contribution in [1.82, 2.24) is 5.32 Å². The lowest BCUT2D eigenvalue weighted by atomic mass is 10.2. The van der Waals surface area contributed by atoms with Crippen molar-refractivity contribution in [1.29, 1.82) is 0 Å². The van der Waals surface area contributed by atoms with E-state index in [2.05, 4.69) is 5.32 Å². The molecule has 0 bridgehead atoms. The van der Waals surface area contributed by atoms with Gasteiger partial charge in [-0.15, -0.1) is 0 Å². The number of carbonyl (C=O) groups excluding carboxylic acids is 1. The minimum absolute atomic E-state index is 0.0907. The maximum atomic E-state index is 12.7. The van der Waals surface area contributed by atoms with Gasteiger partial charge in [0.15, 0.2) is 0 Å². The number of sulfonamides is 1. The lowest BCUT2D eigenvalue weighted by Crippen LogP contribution is -2.27. The summed E-state index contributed by atoms with van der Waals surface area (Å²) in [5.41, 5.74) is 0.898. The first-order valence-corrected chi connectivity index (χ1v) is 8.83. The molecule has 23 heavy (non-hydrogen) atoms. The highest BCUT2D eigenvalue weighted by molar-refractivity contribution is 7.92. The van der Waals surface area contributed by atoms with Crippen molar-refractivity contribution in [2.45, 2.75) is 18.2 Å². The SMILES string of the molecule is CCCNC(=O)c1cccc(S(=O)(=O)N(C)c2ccccc2)c1. The molecule has 2 aromatic carbocycles. The highest BCUT2D eigenvalue weighted by Gasteiger charge is 2.22. The second-order valence-corrected chi connectivity index (χ2v) is 7.06. The summed E-state index contributed by atoms with van der Waals surface area (Å²) in [6.45, 7) is 2.51. The molecule has 1 amide bonds. The van der Waals surface area contributed by atoms with E-state index in [0.29, 0.717) is 17.8 Å². The molecule has 0 unspecified atom stereocenters. The van der Waals surface area contributed by atoms with Gasteiger partial charge in [-0.25, -0.2) is 8.42 Å². The van der Waals surface area contributed by atoms with Gasteiger partial charge in [0.2, 0.25) is 0 Å². The van der Waals surface area contributed by atoms with Gasteiger partial charge in [0.1, 0.15) is 0 Å². The number of para-hydroxylation sites is 1. The van der Waals surface area contributed by atoms with E-state index in [-0.39, 0.29) is 10.8 Å². The fourth-order valence-corrected chi connectivity index (χ4v) is 3.32. The van der Waals surface area contributed by atoms with E-state index >= 15 is 0 Å². The van der Waals surface area contributed by atoms with Gasteiger partial charge in [-0.3, -0.25) is 9.10 Å². The average Bonchev–Trinajstić information content (AvgIpc) is 2.59. The Morgan fingerprint density at radius 1 is 1.09 bits per heavy atom. The summed E-state index contributed by atoms with van der Waals surface area (Å²) in [7, 11) is -2.22. The van der Waals surface area contributed by atoms with Crippen molar-refractivity contribution in [3.05, 3.63) is 60.2 Å². The van der Waals surface area contributed by atoms with Crippen molar-refractivity contribution in [2.24, 2.45) is 0 Å².